The third kappa shape index (κ3) is 5.21. The molecule has 2 N–H and O–H groups in total. The Morgan fingerprint density at radius 2 is 2.14 bits per heavy atom. The fourth-order valence-electron chi connectivity index (χ4n) is 1.58. The maximum absolute atomic E-state index is 11.8. The van der Waals surface area contributed by atoms with Crippen molar-refractivity contribution >= 4 is 17.8 Å². The van der Waals surface area contributed by atoms with Crippen molar-refractivity contribution in [3.63, 3.8) is 0 Å². The number of esters is 1. The van der Waals surface area contributed by atoms with Gasteiger partial charge in [-0.1, -0.05) is 6.92 Å². The predicted octanol–water partition coefficient (Wildman–Crippen LogP) is 1.10. The Morgan fingerprint density at radius 3 is 2.76 bits per heavy atom. The van der Waals surface area contributed by atoms with Gasteiger partial charge in [0.15, 0.2) is 0 Å². The number of carboxylic acid groups (broad SMARTS) is 1. The second-order valence-corrected chi connectivity index (χ2v) is 4.43. The van der Waals surface area contributed by atoms with Crippen molar-refractivity contribution in [1.82, 2.24) is 10.3 Å². The van der Waals surface area contributed by atoms with Gasteiger partial charge < -0.3 is 15.2 Å². The van der Waals surface area contributed by atoms with Crippen LogP contribution in [0.1, 0.15) is 41.1 Å². The first kappa shape index (κ1) is 16.6. The van der Waals surface area contributed by atoms with Gasteiger partial charge in [0.1, 0.15) is 5.69 Å². The minimum Gasteiger partial charge on any atom is -0.478 e. The first-order valence-corrected chi connectivity index (χ1v) is 6.59. The van der Waals surface area contributed by atoms with Crippen molar-refractivity contribution in [1.29, 1.82) is 0 Å². The molecule has 114 valence electrons. The lowest BCUT2D eigenvalue weighted by molar-refractivity contribution is -0.147. The first-order valence-electron chi connectivity index (χ1n) is 6.59. The van der Waals surface area contributed by atoms with Gasteiger partial charge in [-0.2, -0.15) is 0 Å². The summed E-state index contributed by atoms with van der Waals surface area (Å²) in [5, 5.41) is 11.4. The summed E-state index contributed by atoms with van der Waals surface area (Å²) in [4.78, 5) is 37.8. The summed E-state index contributed by atoms with van der Waals surface area (Å²) < 4.78 is 4.86. The molecular weight excluding hydrogens is 276 g/mol. The number of aromatic nitrogens is 1. The van der Waals surface area contributed by atoms with Crippen LogP contribution in [0.15, 0.2) is 18.3 Å². The van der Waals surface area contributed by atoms with Crippen molar-refractivity contribution < 1.29 is 24.2 Å². The summed E-state index contributed by atoms with van der Waals surface area (Å²) in [5.74, 6) is -2.22. The lowest BCUT2D eigenvalue weighted by Gasteiger charge is -2.10. The molecule has 0 radical (unpaired) electrons. The van der Waals surface area contributed by atoms with Gasteiger partial charge in [-0.3, -0.25) is 14.6 Å². The van der Waals surface area contributed by atoms with Crippen LogP contribution in [0.3, 0.4) is 0 Å². The highest BCUT2D eigenvalue weighted by Gasteiger charge is 2.15. The van der Waals surface area contributed by atoms with Crippen LogP contribution < -0.4 is 5.32 Å². The highest BCUT2D eigenvalue weighted by Crippen LogP contribution is 2.05. The molecule has 1 aromatic rings. The summed E-state index contributed by atoms with van der Waals surface area (Å²) in [6, 6.07) is 2.51. The highest BCUT2D eigenvalue weighted by atomic mass is 16.5. The van der Waals surface area contributed by atoms with Crippen LogP contribution >= 0.6 is 0 Å². The number of rotatable bonds is 7. The average molecular weight is 294 g/mol. The molecule has 1 rings (SSSR count). The van der Waals surface area contributed by atoms with Crippen molar-refractivity contribution in [2.45, 2.75) is 20.3 Å². The third-order valence-corrected chi connectivity index (χ3v) is 2.79. The molecule has 0 aromatic carbocycles. The lowest BCUT2D eigenvalue weighted by Crippen LogP contribution is -2.28. The zero-order chi connectivity index (χ0) is 15.8. The number of hydrogen-bond acceptors (Lipinski definition) is 5. The largest absolute Gasteiger partial charge is 0.478 e. The van der Waals surface area contributed by atoms with Gasteiger partial charge in [-0.15, -0.1) is 0 Å². The molecule has 0 aliphatic rings. The fraction of sp³-hybridized carbons (Fsp3) is 0.429. The molecule has 0 saturated carbocycles. The van der Waals surface area contributed by atoms with Crippen molar-refractivity contribution in [3.8, 4) is 0 Å². The minimum atomic E-state index is -1.12. The zero-order valence-corrected chi connectivity index (χ0v) is 12.0. The number of carbonyl (C=O) groups excluding carboxylic acids is 2. The third-order valence-electron chi connectivity index (χ3n) is 2.79. The van der Waals surface area contributed by atoms with Gasteiger partial charge in [-0.25, -0.2) is 4.79 Å². The number of hydrogen-bond donors (Lipinski definition) is 2. The van der Waals surface area contributed by atoms with Gasteiger partial charge in [0.25, 0.3) is 5.91 Å². The number of pyridine rings is 1. The van der Waals surface area contributed by atoms with E-state index in [-0.39, 0.29) is 29.7 Å². The van der Waals surface area contributed by atoms with Crippen LogP contribution in [0.2, 0.25) is 0 Å². The Kier molecular flexibility index (Phi) is 6.32. The van der Waals surface area contributed by atoms with Crippen molar-refractivity contribution in [3.05, 3.63) is 29.6 Å². The Bertz CT molecular complexity index is 530. The standard InChI is InChI=1S/C14H18N2O5/c1-3-21-14(20)9(2)4-6-16-12(17)11-8-10(13(18)19)5-7-15-11/h5,7-9H,3-4,6H2,1-2H3,(H,16,17)(H,18,19)/t9-/m1/s1. The zero-order valence-electron chi connectivity index (χ0n) is 12.0. The first-order chi connectivity index (χ1) is 9.95. The summed E-state index contributed by atoms with van der Waals surface area (Å²) in [6.07, 6.45) is 1.70. The van der Waals surface area contributed by atoms with E-state index in [1.165, 1.54) is 18.3 Å². The van der Waals surface area contributed by atoms with E-state index in [1.807, 2.05) is 0 Å². The van der Waals surface area contributed by atoms with Gasteiger partial charge in [0, 0.05) is 12.7 Å². The summed E-state index contributed by atoms with van der Waals surface area (Å²) in [7, 11) is 0. The number of amides is 1. The molecule has 0 aliphatic heterocycles. The maximum atomic E-state index is 11.8. The molecule has 21 heavy (non-hydrogen) atoms. The van der Waals surface area contributed by atoms with Crippen molar-refractivity contribution in [2.24, 2.45) is 5.92 Å². The summed E-state index contributed by atoms with van der Waals surface area (Å²) in [5.41, 5.74) is 0.0220. The van der Waals surface area contributed by atoms with Crippen LogP contribution in [-0.2, 0) is 9.53 Å². The topological polar surface area (TPSA) is 106 Å². The molecule has 0 saturated heterocycles. The number of ether oxygens (including phenoxy) is 1. The second kappa shape index (κ2) is 7.98. The number of carbonyl (C=O) groups is 3. The normalized spacial score (nSPS) is 11.5. The van der Waals surface area contributed by atoms with Crippen molar-refractivity contribution in [2.75, 3.05) is 13.2 Å². The Labute approximate surface area is 122 Å². The van der Waals surface area contributed by atoms with E-state index in [9.17, 15) is 14.4 Å². The molecule has 0 aliphatic carbocycles. The molecule has 0 spiro atoms. The molecule has 0 fully saturated rings. The van der Waals surface area contributed by atoms with Crippen LogP contribution in [0.4, 0.5) is 0 Å². The number of aromatic carboxylic acids is 1. The summed E-state index contributed by atoms with van der Waals surface area (Å²) in [6.45, 7) is 4.04. The second-order valence-electron chi connectivity index (χ2n) is 4.43. The van der Waals surface area contributed by atoms with E-state index in [2.05, 4.69) is 10.3 Å². The van der Waals surface area contributed by atoms with Crippen LogP contribution in [0.5, 0.6) is 0 Å². The van der Waals surface area contributed by atoms with E-state index < -0.39 is 11.9 Å². The minimum absolute atomic E-state index is 0.00459. The maximum Gasteiger partial charge on any atom is 0.335 e. The monoisotopic (exact) mass is 294 g/mol. The van der Waals surface area contributed by atoms with Gasteiger partial charge in [0.05, 0.1) is 18.1 Å². The van der Waals surface area contributed by atoms with Gasteiger partial charge in [0.2, 0.25) is 0 Å². The predicted molar refractivity (Wildman–Crippen MR) is 73.9 cm³/mol. The summed E-state index contributed by atoms with van der Waals surface area (Å²) >= 11 is 0. The van der Waals surface area contributed by atoms with E-state index in [0.717, 1.165) is 0 Å². The van der Waals surface area contributed by atoms with E-state index in [4.69, 9.17) is 9.84 Å². The molecule has 1 amide bonds. The molecule has 1 aromatic heterocycles. The molecule has 1 heterocycles. The quantitative estimate of drug-likeness (QED) is 0.729. The lowest BCUT2D eigenvalue weighted by atomic mass is 10.1. The fourth-order valence-corrected chi connectivity index (χ4v) is 1.58. The van der Waals surface area contributed by atoms with Gasteiger partial charge in [-0.05, 0) is 25.5 Å². The van der Waals surface area contributed by atoms with Crippen LogP contribution in [0, 0.1) is 5.92 Å². The van der Waals surface area contributed by atoms with Crippen LogP contribution in [-0.4, -0.2) is 41.1 Å². The van der Waals surface area contributed by atoms with E-state index >= 15 is 0 Å². The molecule has 0 unspecified atom stereocenters. The van der Waals surface area contributed by atoms with E-state index in [1.54, 1.807) is 13.8 Å². The number of nitrogens with zero attached hydrogens (tertiary/aromatic N) is 1. The van der Waals surface area contributed by atoms with E-state index in [0.29, 0.717) is 13.0 Å². The molecular formula is C14H18N2O5. The Hall–Kier alpha value is -2.44. The molecule has 7 heteroatoms. The number of nitrogens with one attached hydrogen (secondary N) is 1. The Morgan fingerprint density at radius 1 is 1.43 bits per heavy atom. The molecule has 1 atom stereocenters. The average Bonchev–Trinajstić information content (AvgIpc) is 2.47. The smallest absolute Gasteiger partial charge is 0.335 e. The molecule has 7 nitrogen and oxygen atoms in total. The molecule has 0 bridgehead atoms. The number of carboxylic acids is 1. The highest BCUT2D eigenvalue weighted by molar-refractivity contribution is 5.95. The van der Waals surface area contributed by atoms with Crippen LogP contribution in [0.25, 0.3) is 0 Å². The Balaban J connectivity index is 2.49. The van der Waals surface area contributed by atoms with Gasteiger partial charge >= 0.3 is 11.9 Å². The SMILES string of the molecule is CCOC(=O)[C@H](C)CCNC(=O)c1cc(C(=O)O)ccn1.